The zero-order valence-electron chi connectivity index (χ0n) is 9.95. The van der Waals surface area contributed by atoms with Gasteiger partial charge >= 0.3 is 5.97 Å². The topological polar surface area (TPSA) is 58.6 Å². The molecule has 0 aromatic heterocycles. The maximum atomic E-state index is 11.4. The molecule has 1 saturated heterocycles. The number of methoxy groups -OCH3 is 1. The van der Waals surface area contributed by atoms with E-state index in [0.717, 1.165) is 6.54 Å². The summed E-state index contributed by atoms with van der Waals surface area (Å²) in [5.74, 6) is -0.288. The molecule has 0 radical (unpaired) electrons. The van der Waals surface area contributed by atoms with Crippen LogP contribution < -0.4 is 5.32 Å². The summed E-state index contributed by atoms with van der Waals surface area (Å²) in [6.07, 6.45) is 1.79. The average Bonchev–Trinajstić information content (AvgIpc) is 2.29. The summed E-state index contributed by atoms with van der Waals surface area (Å²) in [5.41, 5.74) is 0.570. The van der Waals surface area contributed by atoms with Gasteiger partial charge in [-0.25, -0.2) is 4.79 Å². The molecule has 1 atom stereocenters. The second-order valence-corrected chi connectivity index (χ2v) is 3.84. The molecule has 1 fully saturated rings. The Morgan fingerprint density at radius 2 is 2.38 bits per heavy atom. The fraction of sp³-hybridized carbons (Fsp3) is 0.636. The van der Waals surface area contributed by atoms with Crippen LogP contribution >= 0.6 is 0 Å². The summed E-state index contributed by atoms with van der Waals surface area (Å²) >= 11 is 0. The van der Waals surface area contributed by atoms with Gasteiger partial charge in [0, 0.05) is 25.2 Å². The predicted molar refractivity (Wildman–Crippen MR) is 59.8 cm³/mol. The highest BCUT2D eigenvalue weighted by Gasteiger charge is 2.24. The molecule has 1 unspecified atom stereocenters. The molecule has 5 nitrogen and oxygen atoms in total. The standard InChI is InChI=1S/C11H18N2O3/c1-8(11(15)16-3)4-6-13-7-5-12-10(14)9(13)2/h4,9H,5-7H2,1-3H3,(H,12,14). The summed E-state index contributed by atoms with van der Waals surface area (Å²) in [6.45, 7) is 5.62. The number of amides is 1. The van der Waals surface area contributed by atoms with Crippen molar-refractivity contribution in [2.24, 2.45) is 0 Å². The van der Waals surface area contributed by atoms with Crippen molar-refractivity contribution >= 4 is 11.9 Å². The van der Waals surface area contributed by atoms with Gasteiger partial charge in [0.2, 0.25) is 5.91 Å². The van der Waals surface area contributed by atoms with Crippen LogP contribution in [0.15, 0.2) is 11.6 Å². The van der Waals surface area contributed by atoms with Gasteiger partial charge in [-0.1, -0.05) is 6.08 Å². The molecular formula is C11H18N2O3. The quantitative estimate of drug-likeness (QED) is 0.540. The third-order valence-electron chi connectivity index (χ3n) is 2.76. The maximum absolute atomic E-state index is 11.4. The molecule has 16 heavy (non-hydrogen) atoms. The average molecular weight is 226 g/mol. The summed E-state index contributed by atoms with van der Waals surface area (Å²) in [7, 11) is 1.36. The monoisotopic (exact) mass is 226 g/mol. The number of nitrogens with zero attached hydrogens (tertiary/aromatic N) is 1. The molecule has 0 bridgehead atoms. The molecule has 0 saturated carbocycles. The van der Waals surface area contributed by atoms with Crippen molar-refractivity contribution in [2.45, 2.75) is 19.9 Å². The number of carbonyl (C=O) groups is 2. The minimum absolute atomic E-state index is 0.0374. The second kappa shape index (κ2) is 5.65. The molecule has 1 rings (SSSR count). The zero-order valence-corrected chi connectivity index (χ0v) is 9.95. The smallest absolute Gasteiger partial charge is 0.333 e. The molecule has 1 aliphatic rings. The summed E-state index contributed by atoms with van der Waals surface area (Å²) in [6, 6.07) is -0.143. The number of esters is 1. The molecule has 1 heterocycles. The van der Waals surface area contributed by atoms with Crippen molar-refractivity contribution in [2.75, 3.05) is 26.7 Å². The Bertz CT molecular complexity index is 312. The molecule has 0 spiro atoms. The molecular weight excluding hydrogens is 208 g/mol. The largest absolute Gasteiger partial charge is 0.466 e. The number of hydrogen-bond donors (Lipinski definition) is 1. The lowest BCUT2D eigenvalue weighted by atomic mass is 10.2. The van der Waals surface area contributed by atoms with Crippen molar-refractivity contribution in [3.8, 4) is 0 Å². The number of nitrogens with one attached hydrogen (secondary N) is 1. The first-order valence-corrected chi connectivity index (χ1v) is 5.33. The lowest BCUT2D eigenvalue weighted by Crippen LogP contribution is -2.53. The Morgan fingerprint density at radius 1 is 1.69 bits per heavy atom. The van der Waals surface area contributed by atoms with Crippen molar-refractivity contribution in [3.63, 3.8) is 0 Å². The van der Waals surface area contributed by atoms with E-state index in [1.165, 1.54) is 7.11 Å². The fourth-order valence-electron chi connectivity index (χ4n) is 1.58. The maximum Gasteiger partial charge on any atom is 0.333 e. The van der Waals surface area contributed by atoms with Gasteiger partial charge in [-0.15, -0.1) is 0 Å². The summed E-state index contributed by atoms with van der Waals surface area (Å²) < 4.78 is 4.59. The van der Waals surface area contributed by atoms with E-state index in [0.29, 0.717) is 18.7 Å². The highest BCUT2D eigenvalue weighted by Crippen LogP contribution is 2.05. The van der Waals surface area contributed by atoms with Gasteiger partial charge in [0.15, 0.2) is 0 Å². The lowest BCUT2D eigenvalue weighted by Gasteiger charge is -2.31. The van der Waals surface area contributed by atoms with E-state index in [1.54, 1.807) is 13.0 Å². The fourth-order valence-corrected chi connectivity index (χ4v) is 1.58. The van der Waals surface area contributed by atoms with Gasteiger partial charge in [0.1, 0.15) is 0 Å². The van der Waals surface area contributed by atoms with Gasteiger partial charge in [-0.05, 0) is 13.8 Å². The van der Waals surface area contributed by atoms with Crippen LogP contribution in [-0.4, -0.2) is 49.6 Å². The molecule has 0 aromatic carbocycles. The Balaban J connectivity index is 2.54. The van der Waals surface area contributed by atoms with Crippen LogP contribution in [0.25, 0.3) is 0 Å². The summed E-state index contributed by atoms with van der Waals surface area (Å²) in [4.78, 5) is 24.5. The third-order valence-corrected chi connectivity index (χ3v) is 2.76. The minimum Gasteiger partial charge on any atom is -0.466 e. The predicted octanol–water partition coefficient (Wildman–Crippen LogP) is -0.0740. The van der Waals surface area contributed by atoms with Crippen LogP contribution in [0, 0.1) is 0 Å². The van der Waals surface area contributed by atoms with E-state index in [2.05, 4.69) is 10.1 Å². The van der Waals surface area contributed by atoms with E-state index < -0.39 is 0 Å². The Hall–Kier alpha value is -1.36. The first-order valence-electron chi connectivity index (χ1n) is 5.33. The number of rotatable bonds is 3. The second-order valence-electron chi connectivity index (χ2n) is 3.84. The zero-order chi connectivity index (χ0) is 12.1. The first kappa shape index (κ1) is 12.7. The van der Waals surface area contributed by atoms with Crippen LogP contribution in [0.2, 0.25) is 0 Å². The van der Waals surface area contributed by atoms with Crippen LogP contribution in [-0.2, 0) is 14.3 Å². The Labute approximate surface area is 95.4 Å². The van der Waals surface area contributed by atoms with Crippen molar-refractivity contribution in [1.29, 1.82) is 0 Å². The third kappa shape index (κ3) is 3.06. The van der Waals surface area contributed by atoms with Gasteiger partial charge in [0.05, 0.1) is 13.2 Å². The van der Waals surface area contributed by atoms with Gasteiger partial charge in [-0.2, -0.15) is 0 Å². The SMILES string of the molecule is COC(=O)C(C)=CCN1CCNC(=O)C1C. The van der Waals surface area contributed by atoms with E-state index in [4.69, 9.17) is 0 Å². The van der Waals surface area contributed by atoms with Crippen LogP contribution in [0.4, 0.5) is 0 Å². The van der Waals surface area contributed by atoms with E-state index in [9.17, 15) is 9.59 Å². The Kier molecular flexibility index (Phi) is 4.49. The first-order chi connectivity index (χ1) is 7.56. The van der Waals surface area contributed by atoms with Crippen LogP contribution in [0.1, 0.15) is 13.8 Å². The van der Waals surface area contributed by atoms with Crippen molar-refractivity contribution < 1.29 is 14.3 Å². The van der Waals surface area contributed by atoms with Crippen molar-refractivity contribution in [3.05, 3.63) is 11.6 Å². The van der Waals surface area contributed by atoms with Crippen LogP contribution in [0.5, 0.6) is 0 Å². The number of piperazine rings is 1. The van der Waals surface area contributed by atoms with Gasteiger partial charge in [0.25, 0.3) is 0 Å². The lowest BCUT2D eigenvalue weighted by molar-refractivity contribution is -0.136. The highest BCUT2D eigenvalue weighted by atomic mass is 16.5. The van der Waals surface area contributed by atoms with Gasteiger partial charge in [-0.3, -0.25) is 9.69 Å². The molecule has 1 aliphatic heterocycles. The molecule has 1 N–H and O–H groups in total. The highest BCUT2D eigenvalue weighted by molar-refractivity contribution is 5.87. The molecule has 0 aliphatic carbocycles. The number of hydrogen-bond acceptors (Lipinski definition) is 4. The normalized spacial score (nSPS) is 22.8. The Morgan fingerprint density at radius 3 is 3.00 bits per heavy atom. The van der Waals surface area contributed by atoms with E-state index >= 15 is 0 Å². The summed E-state index contributed by atoms with van der Waals surface area (Å²) in [5, 5.41) is 2.79. The molecule has 1 amide bonds. The van der Waals surface area contributed by atoms with Crippen molar-refractivity contribution in [1.82, 2.24) is 10.2 Å². The molecule has 5 heteroatoms. The molecule has 0 aromatic rings. The van der Waals surface area contributed by atoms with E-state index in [-0.39, 0.29) is 17.9 Å². The molecule has 90 valence electrons. The van der Waals surface area contributed by atoms with E-state index in [1.807, 2.05) is 11.8 Å². The number of carbonyl (C=O) groups excluding carboxylic acids is 2. The van der Waals surface area contributed by atoms with Gasteiger partial charge < -0.3 is 10.1 Å². The minimum atomic E-state index is -0.325. The number of ether oxygens (including phenoxy) is 1. The van der Waals surface area contributed by atoms with Crippen LogP contribution in [0.3, 0.4) is 0 Å².